The van der Waals surface area contributed by atoms with Gasteiger partial charge in [0.1, 0.15) is 11.5 Å². The summed E-state index contributed by atoms with van der Waals surface area (Å²) in [7, 11) is 0. The van der Waals surface area contributed by atoms with Crippen LogP contribution in [-0.2, 0) is 11.2 Å². The molecule has 0 unspecified atom stereocenters. The minimum atomic E-state index is -0.391. The Bertz CT molecular complexity index is 725. The molecule has 1 aliphatic rings. The summed E-state index contributed by atoms with van der Waals surface area (Å²) < 4.78 is 5.41. The van der Waals surface area contributed by atoms with Gasteiger partial charge in [0.15, 0.2) is 0 Å². The second kappa shape index (κ2) is 7.70. The van der Waals surface area contributed by atoms with E-state index in [1.807, 2.05) is 30.3 Å². The normalized spacial score (nSPS) is 15.3. The first-order chi connectivity index (χ1) is 11.7. The number of rotatable bonds is 4. The number of aliphatic imine (C=N–C) groups is 1. The summed E-state index contributed by atoms with van der Waals surface area (Å²) in [6, 6.07) is 16.6. The molecule has 6 nitrogen and oxygen atoms in total. The highest BCUT2D eigenvalue weighted by Gasteiger charge is 2.18. The largest absolute Gasteiger partial charge is 0.378 e. The molecule has 6 heteroatoms. The molecule has 1 saturated heterocycles. The highest BCUT2D eigenvalue weighted by Crippen LogP contribution is 2.27. The fraction of sp³-hybridized carbons (Fsp3) is 0.278. The van der Waals surface area contributed by atoms with Crippen LogP contribution < -0.4 is 0 Å². The van der Waals surface area contributed by atoms with Crippen LogP contribution in [0.2, 0.25) is 0 Å². The third-order valence-electron chi connectivity index (χ3n) is 3.91. The molecule has 2 aromatic carbocycles. The zero-order valence-corrected chi connectivity index (χ0v) is 13.3. The molecule has 0 N–H and O–H groups in total. The standard InChI is InChI=1S/C18H19N3O3/c22-21(23)17-9-5-4-8-16(17)19-18(20-10-12-24-13-11-20)14-15-6-2-1-3-7-15/h1-9H,10-14H2. The second-order valence-electron chi connectivity index (χ2n) is 5.54. The number of nitro groups is 1. The van der Waals surface area contributed by atoms with Crippen molar-refractivity contribution in [3.63, 3.8) is 0 Å². The highest BCUT2D eigenvalue weighted by molar-refractivity contribution is 5.88. The summed E-state index contributed by atoms with van der Waals surface area (Å²) in [6.07, 6.45) is 0.632. The topological polar surface area (TPSA) is 68.0 Å². The van der Waals surface area contributed by atoms with Gasteiger partial charge in [-0.1, -0.05) is 42.5 Å². The van der Waals surface area contributed by atoms with Crippen LogP contribution in [0.3, 0.4) is 0 Å². The molecule has 1 heterocycles. The number of hydrogen-bond acceptors (Lipinski definition) is 4. The van der Waals surface area contributed by atoms with Crippen molar-refractivity contribution >= 4 is 17.2 Å². The van der Waals surface area contributed by atoms with Crippen molar-refractivity contribution in [3.8, 4) is 0 Å². The monoisotopic (exact) mass is 325 g/mol. The van der Waals surface area contributed by atoms with Crippen molar-refractivity contribution in [2.24, 2.45) is 4.99 Å². The van der Waals surface area contributed by atoms with Gasteiger partial charge in [-0.15, -0.1) is 0 Å². The number of para-hydroxylation sites is 2. The van der Waals surface area contributed by atoms with Crippen LogP contribution in [0.4, 0.5) is 11.4 Å². The van der Waals surface area contributed by atoms with Gasteiger partial charge in [0.25, 0.3) is 5.69 Å². The molecule has 0 radical (unpaired) electrons. The summed E-state index contributed by atoms with van der Waals surface area (Å²) in [5.74, 6) is 0.832. The molecule has 0 aromatic heterocycles. The Morgan fingerprint density at radius 1 is 1.08 bits per heavy atom. The maximum atomic E-state index is 11.2. The summed E-state index contributed by atoms with van der Waals surface area (Å²) in [5, 5.41) is 11.2. The lowest BCUT2D eigenvalue weighted by Crippen LogP contribution is -2.41. The van der Waals surface area contributed by atoms with Crippen LogP contribution in [0.25, 0.3) is 0 Å². The zero-order valence-electron chi connectivity index (χ0n) is 13.3. The molecular weight excluding hydrogens is 306 g/mol. The molecule has 1 aliphatic heterocycles. The van der Waals surface area contributed by atoms with Crippen LogP contribution in [0.5, 0.6) is 0 Å². The predicted octanol–water partition coefficient (Wildman–Crippen LogP) is 3.20. The smallest absolute Gasteiger partial charge is 0.294 e. The first-order valence-corrected chi connectivity index (χ1v) is 7.91. The van der Waals surface area contributed by atoms with Gasteiger partial charge in [-0.3, -0.25) is 10.1 Å². The minimum Gasteiger partial charge on any atom is -0.378 e. The molecule has 0 saturated carbocycles. The molecule has 0 amide bonds. The Morgan fingerprint density at radius 2 is 1.75 bits per heavy atom. The summed E-state index contributed by atoms with van der Waals surface area (Å²) in [6.45, 7) is 2.77. The second-order valence-corrected chi connectivity index (χ2v) is 5.54. The first-order valence-electron chi connectivity index (χ1n) is 7.91. The summed E-state index contributed by atoms with van der Waals surface area (Å²) >= 11 is 0. The quantitative estimate of drug-likeness (QED) is 0.375. The van der Waals surface area contributed by atoms with Gasteiger partial charge < -0.3 is 9.64 Å². The van der Waals surface area contributed by atoms with Crippen LogP contribution >= 0.6 is 0 Å². The molecule has 24 heavy (non-hydrogen) atoms. The van der Waals surface area contributed by atoms with Gasteiger partial charge in [0, 0.05) is 25.6 Å². The number of amidine groups is 1. The van der Waals surface area contributed by atoms with E-state index in [0.29, 0.717) is 25.3 Å². The molecule has 2 aromatic rings. The number of morpholine rings is 1. The third-order valence-corrected chi connectivity index (χ3v) is 3.91. The van der Waals surface area contributed by atoms with E-state index in [2.05, 4.69) is 9.89 Å². The maximum Gasteiger partial charge on any atom is 0.294 e. The molecule has 0 bridgehead atoms. The lowest BCUT2D eigenvalue weighted by Gasteiger charge is -2.30. The zero-order chi connectivity index (χ0) is 16.8. The number of ether oxygens (including phenoxy) is 1. The fourth-order valence-electron chi connectivity index (χ4n) is 2.67. The van der Waals surface area contributed by atoms with Crippen LogP contribution in [0, 0.1) is 10.1 Å². The van der Waals surface area contributed by atoms with E-state index in [0.717, 1.165) is 24.5 Å². The van der Waals surface area contributed by atoms with E-state index < -0.39 is 4.92 Å². The van der Waals surface area contributed by atoms with E-state index in [1.165, 1.54) is 6.07 Å². The van der Waals surface area contributed by atoms with Gasteiger partial charge in [0.05, 0.1) is 18.1 Å². The van der Waals surface area contributed by atoms with E-state index in [9.17, 15) is 10.1 Å². The molecular formula is C18H19N3O3. The Balaban J connectivity index is 1.95. The Morgan fingerprint density at radius 3 is 2.46 bits per heavy atom. The molecule has 0 spiro atoms. The van der Waals surface area contributed by atoms with Crippen molar-refractivity contribution in [1.29, 1.82) is 0 Å². The highest BCUT2D eigenvalue weighted by atomic mass is 16.6. The van der Waals surface area contributed by atoms with E-state index >= 15 is 0 Å². The van der Waals surface area contributed by atoms with Crippen LogP contribution in [0.1, 0.15) is 5.56 Å². The maximum absolute atomic E-state index is 11.2. The van der Waals surface area contributed by atoms with Gasteiger partial charge in [0.2, 0.25) is 0 Å². The average Bonchev–Trinajstić information content (AvgIpc) is 2.63. The summed E-state index contributed by atoms with van der Waals surface area (Å²) in [4.78, 5) is 17.6. The average molecular weight is 325 g/mol. The lowest BCUT2D eigenvalue weighted by molar-refractivity contribution is -0.384. The van der Waals surface area contributed by atoms with Crippen molar-refractivity contribution in [3.05, 3.63) is 70.3 Å². The number of nitrogens with zero attached hydrogens (tertiary/aromatic N) is 3. The first kappa shape index (κ1) is 16.1. The lowest BCUT2D eigenvalue weighted by atomic mass is 10.1. The van der Waals surface area contributed by atoms with Crippen LogP contribution in [0.15, 0.2) is 59.6 Å². The molecule has 124 valence electrons. The SMILES string of the molecule is O=[N+]([O-])c1ccccc1N=C(Cc1ccccc1)N1CCOCC1. The Kier molecular flexibility index (Phi) is 5.18. The van der Waals surface area contributed by atoms with E-state index in [1.54, 1.807) is 18.2 Å². The molecule has 0 atom stereocenters. The van der Waals surface area contributed by atoms with E-state index in [-0.39, 0.29) is 5.69 Å². The van der Waals surface area contributed by atoms with Crippen LogP contribution in [-0.4, -0.2) is 42.0 Å². The predicted molar refractivity (Wildman–Crippen MR) is 92.7 cm³/mol. The minimum absolute atomic E-state index is 0.0244. The summed E-state index contributed by atoms with van der Waals surface area (Å²) in [5.41, 5.74) is 1.54. The van der Waals surface area contributed by atoms with Gasteiger partial charge >= 0.3 is 0 Å². The van der Waals surface area contributed by atoms with Gasteiger partial charge in [-0.2, -0.15) is 0 Å². The number of hydrogen-bond donors (Lipinski definition) is 0. The van der Waals surface area contributed by atoms with Gasteiger partial charge in [-0.25, -0.2) is 4.99 Å². The Labute approximate surface area is 140 Å². The fourth-order valence-corrected chi connectivity index (χ4v) is 2.67. The van der Waals surface area contributed by atoms with Crippen molar-refractivity contribution < 1.29 is 9.66 Å². The Hall–Kier alpha value is -2.73. The number of benzene rings is 2. The van der Waals surface area contributed by atoms with Crippen molar-refractivity contribution in [2.45, 2.75) is 6.42 Å². The van der Waals surface area contributed by atoms with E-state index in [4.69, 9.17) is 4.74 Å². The molecule has 1 fully saturated rings. The molecule has 0 aliphatic carbocycles. The number of nitro benzene ring substituents is 1. The van der Waals surface area contributed by atoms with Crippen molar-refractivity contribution in [1.82, 2.24) is 4.90 Å². The third kappa shape index (κ3) is 3.97. The van der Waals surface area contributed by atoms with Crippen molar-refractivity contribution in [2.75, 3.05) is 26.3 Å². The van der Waals surface area contributed by atoms with Gasteiger partial charge in [-0.05, 0) is 11.6 Å². The molecule has 3 rings (SSSR count).